The summed E-state index contributed by atoms with van der Waals surface area (Å²) in [5, 5.41) is 2.12. The molecular weight excluding hydrogens is 251 g/mol. The lowest BCUT2D eigenvalue weighted by atomic mass is 9.88. The molecule has 100 valence electrons. The summed E-state index contributed by atoms with van der Waals surface area (Å²) in [6.07, 6.45) is 0. The Morgan fingerprint density at radius 2 is 1.95 bits per heavy atom. The van der Waals surface area contributed by atoms with Crippen molar-refractivity contribution in [2.75, 3.05) is 0 Å². The van der Waals surface area contributed by atoms with Crippen LogP contribution in [0.5, 0.6) is 0 Å². The van der Waals surface area contributed by atoms with Gasteiger partial charge in [-0.2, -0.15) is 0 Å². The normalized spacial score (nSPS) is 18.5. The predicted molar refractivity (Wildman–Crippen MR) is 64.3 cm³/mol. The van der Waals surface area contributed by atoms with E-state index in [-0.39, 0.29) is 6.54 Å². The molecule has 1 saturated heterocycles. The molecule has 1 aromatic rings. The SMILES string of the molecule is CC1(C)C(=O)NC(=O)N(Cc2cccc(F)c2)C1=O. The van der Waals surface area contributed by atoms with Crippen LogP contribution in [-0.4, -0.2) is 22.7 Å². The molecule has 1 heterocycles. The minimum atomic E-state index is -1.30. The van der Waals surface area contributed by atoms with Gasteiger partial charge in [-0.05, 0) is 31.5 Å². The van der Waals surface area contributed by atoms with Crippen LogP contribution < -0.4 is 5.32 Å². The second-order valence-corrected chi connectivity index (χ2v) is 4.91. The first-order valence-electron chi connectivity index (χ1n) is 5.74. The number of barbiturate groups is 1. The summed E-state index contributed by atoms with van der Waals surface area (Å²) in [6, 6.07) is 4.83. The summed E-state index contributed by atoms with van der Waals surface area (Å²) in [7, 11) is 0. The zero-order valence-corrected chi connectivity index (χ0v) is 10.6. The number of nitrogens with zero attached hydrogens (tertiary/aromatic N) is 1. The fourth-order valence-corrected chi connectivity index (χ4v) is 1.81. The molecule has 0 atom stereocenters. The Morgan fingerprint density at radius 3 is 2.58 bits per heavy atom. The van der Waals surface area contributed by atoms with E-state index in [4.69, 9.17) is 0 Å². The molecule has 1 aromatic carbocycles. The molecule has 1 fully saturated rings. The van der Waals surface area contributed by atoms with E-state index in [2.05, 4.69) is 5.32 Å². The largest absolute Gasteiger partial charge is 0.331 e. The van der Waals surface area contributed by atoms with Crippen LogP contribution in [-0.2, 0) is 16.1 Å². The molecule has 1 aliphatic rings. The minimum absolute atomic E-state index is 0.0703. The van der Waals surface area contributed by atoms with Gasteiger partial charge in [0.1, 0.15) is 11.2 Å². The molecule has 0 radical (unpaired) electrons. The summed E-state index contributed by atoms with van der Waals surface area (Å²) in [6.45, 7) is 2.81. The molecular formula is C13H13FN2O3. The van der Waals surface area contributed by atoms with E-state index in [1.54, 1.807) is 6.07 Å². The molecule has 1 N–H and O–H groups in total. The fraction of sp³-hybridized carbons (Fsp3) is 0.308. The van der Waals surface area contributed by atoms with E-state index in [0.717, 1.165) is 4.90 Å². The van der Waals surface area contributed by atoms with Gasteiger partial charge in [-0.3, -0.25) is 19.8 Å². The Labute approximate surface area is 109 Å². The highest BCUT2D eigenvalue weighted by Gasteiger charge is 2.46. The summed E-state index contributed by atoms with van der Waals surface area (Å²) < 4.78 is 13.1. The highest BCUT2D eigenvalue weighted by Crippen LogP contribution is 2.24. The number of halogens is 1. The van der Waals surface area contributed by atoms with Crippen molar-refractivity contribution in [1.29, 1.82) is 0 Å². The quantitative estimate of drug-likeness (QED) is 0.822. The third-order valence-electron chi connectivity index (χ3n) is 3.04. The smallest absolute Gasteiger partial charge is 0.277 e. The van der Waals surface area contributed by atoms with E-state index in [1.807, 2.05) is 0 Å². The molecule has 2 rings (SSSR count). The number of hydrogen-bond donors (Lipinski definition) is 1. The molecule has 19 heavy (non-hydrogen) atoms. The van der Waals surface area contributed by atoms with Crippen LogP contribution >= 0.6 is 0 Å². The number of amides is 4. The molecule has 0 unspecified atom stereocenters. The maximum Gasteiger partial charge on any atom is 0.331 e. The molecule has 0 saturated carbocycles. The van der Waals surface area contributed by atoms with E-state index >= 15 is 0 Å². The van der Waals surface area contributed by atoms with Crippen LogP contribution in [0.2, 0.25) is 0 Å². The Balaban J connectivity index is 2.26. The van der Waals surface area contributed by atoms with Crippen LogP contribution in [0.4, 0.5) is 9.18 Å². The Morgan fingerprint density at radius 1 is 1.26 bits per heavy atom. The summed E-state index contributed by atoms with van der Waals surface area (Å²) in [4.78, 5) is 36.2. The molecule has 5 nitrogen and oxygen atoms in total. The predicted octanol–water partition coefficient (Wildman–Crippen LogP) is 1.43. The number of carbonyl (C=O) groups is 3. The highest BCUT2D eigenvalue weighted by molar-refractivity contribution is 6.18. The van der Waals surface area contributed by atoms with Gasteiger partial charge in [0.15, 0.2) is 0 Å². The van der Waals surface area contributed by atoms with Crippen LogP contribution in [0, 0.1) is 11.2 Å². The Hall–Kier alpha value is -2.24. The van der Waals surface area contributed by atoms with Crippen molar-refractivity contribution in [1.82, 2.24) is 10.2 Å². The monoisotopic (exact) mass is 264 g/mol. The van der Waals surface area contributed by atoms with Crippen LogP contribution in [0.3, 0.4) is 0 Å². The Kier molecular flexibility index (Phi) is 3.09. The van der Waals surface area contributed by atoms with E-state index < -0.39 is 29.1 Å². The van der Waals surface area contributed by atoms with Gasteiger partial charge in [-0.1, -0.05) is 12.1 Å². The minimum Gasteiger partial charge on any atom is -0.277 e. The molecule has 0 aromatic heterocycles. The number of imide groups is 2. The topological polar surface area (TPSA) is 66.5 Å². The third-order valence-corrected chi connectivity index (χ3v) is 3.04. The molecule has 0 bridgehead atoms. The second-order valence-electron chi connectivity index (χ2n) is 4.91. The average molecular weight is 264 g/mol. The molecule has 0 spiro atoms. The lowest BCUT2D eigenvalue weighted by Gasteiger charge is -2.34. The van der Waals surface area contributed by atoms with Crippen LogP contribution in [0.1, 0.15) is 19.4 Å². The van der Waals surface area contributed by atoms with E-state index in [9.17, 15) is 18.8 Å². The zero-order chi connectivity index (χ0) is 14.2. The van der Waals surface area contributed by atoms with Gasteiger partial charge in [-0.25, -0.2) is 9.18 Å². The number of urea groups is 1. The fourth-order valence-electron chi connectivity index (χ4n) is 1.81. The van der Waals surface area contributed by atoms with Crippen molar-refractivity contribution < 1.29 is 18.8 Å². The maximum atomic E-state index is 13.1. The number of rotatable bonds is 2. The van der Waals surface area contributed by atoms with E-state index in [0.29, 0.717) is 5.56 Å². The number of nitrogens with one attached hydrogen (secondary N) is 1. The second kappa shape index (κ2) is 4.46. The van der Waals surface area contributed by atoms with Gasteiger partial charge in [0.25, 0.3) is 0 Å². The van der Waals surface area contributed by atoms with Crippen molar-refractivity contribution in [3.8, 4) is 0 Å². The maximum absolute atomic E-state index is 13.1. The summed E-state index contributed by atoms with van der Waals surface area (Å²) in [5.74, 6) is -1.67. The number of carbonyl (C=O) groups excluding carboxylic acids is 3. The summed E-state index contributed by atoms with van der Waals surface area (Å²) >= 11 is 0. The lowest BCUT2D eigenvalue weighted by molar-refractivity contribution is -0.149. The van der Waals surface area contributed by atoms with Crippen molar-refractivity contribution in [3.05, 3.63) is 35.6 Å². The van der Waals surface area contributed by atoms with Gasteiger partial charge in [0.05, 0.1) is 6.54 Å². The van der Waals surface area contributed by atoms with Crippen molar-refractivity contribution in [2.24, 2.45) is 5.41 Å². The van der Waals surface area contributed by atoms with Gasteiger partial charge in [0.2, 0.25) is 11.8 Å². The Bertz CT molecular complexity index is 569. The van der Waals surface area contributed by atoms with Gasteiger partial charge >= 0.3 is 6.03 Å². The van der Waals surface area contributed by atoms with Crippen molar-refractivity contribution in [2.45, 2.75) is 20.4 Å². The van der Waals surface area contributed by atoms with Gasteiger partial charge in [0, 0.05) is 0 Å². The first-order valence-corrected chi connectivity index (χ1v) is 5.74. The summed E-state index contributed by atoms with van der Waals surface area (Å²) in [5.41, 5.74) is -0.824. The van der Waals surface area contributed by atoms with Gasteiger partial charge in [-0.15, -0.1) is 0 Å². The van der Waals surface area contributed by atoms with Crippen molar-refractivity contribution in [3.63, 3.8) is 0 Å². The van der Waals surface area contributed by atoms with E-state index in [1.165, 1.54) is 32.0 Å². The van der Waals surface area contributed by atoms with Gasteiger partial charge < -0.3 is 0 Å². The van der Waals surface area contributed by atoms with Crippen molar-refractivity contribution >= 4 is 17.8 Å². The third kappa shape index (κ3) is 2.33. The lowest BCUT2D eigenvalue weighted by Crippen LogP contribution is -2.61. The molecule has 4 amide bonds. The molecule has 1 aliphatic heterocycles. The number of hydrogen-bond acceptors (Lipinski definition) is 3. The highest BCUT2D eigenvalue weighted by atomic mass is 19.1. The first-order chi connectivity index (χ1) is 8.82. The molecule has 0 aliphatic carbocycles. The van der Waals surface area contributed by atoms with Crippen LogP contribution in [0.15, 0.2) is 24.3 Å². The zero-order valence-electron chi connectivity index (χ0n) is 10.6. The standard InChI is InChI=1S/C13H13FN2O3/c1-13(2)10(17)15-12(19)16(11(13)18)7-8-4-3-5-9(14)6-8/h3-6H,7H2,1-2H3,(H,15,17,19). The average Bonchev–Trinajstić information content (AvgIpc) is 2.33. The molecule has 6 heteroatoms. The number of benzene rings is 1. The van der Waals surface area contributed by atoms with Crippen LogP contribution in [0.25, 0.3) is 0 Å². The first kappa shape index (κ1) is 13.2.